The van der Waals surface area contributed by atoms with Gasteiger partial charge >= 0.3 is 6.18 Å². The van der Waals surface area contributed by atoms with E-state index in [4.69, 9.17) is 9.47 Å². The summed E-state index contributed by atoms with van der Waals surface area (Å²) in [6.07, 6.45) is -7.42. The molecule has 2 aromatic heterocycles. The number of hydrogen-bond acceptors (Lipinski definition) is 7. The zero-order chi connectivity index (χ0) is 29.0. The van der Waals surface area contributed by atoms with Crippen LogP contribution in [-0.4, -0.2) is 43.2 Å². The number of carbonyl (C=O) groups is 1. The number of pyridine rings is 2. The van der Waals surface area contributed by atoms with Crippen molar-refractivity contribution >= 4 is 15.9 Å². The second-order valence-electron chi connectivity index (χ2n) is 9.23. The van der Waals surface area contributed by atoms with Crippen LogP contribution in [0.2, 0.25) is 0 Å². The summed E-state index contributed by atoms with van der Waals surface area (Å²) in [6.45, 7) is 6.81. The molecule has 0 fully saturated rings. The van der Waals surface area contributed by atoms with Crippen LogP contribution in [0.3, 0.4) is 0 Å². The highest BCUT2D eigenvalue weighted by Crippen LogP contribution is 2.30. The first-order valence-electron chi connectivity index (χ1n) is 11.8. The fourth-order valence-electron chi connectivity index (χ4n) is 3.38. The van der Waals surface area contributed by atoms with Crippen LogP contribution >= 0.6 is 0 Å². The molecule has 0 aliphatic rings. The Balaban J connectivity index is 2.00. The molecule has 0 spiro atoms. The first kappa shape index (κ1) is 29.8. The highest BCUT2D eigenvalue weighted by atomic mass is 32.2. The lowest BCUT2D eigenvalue weighted by Gasteiger charge is -2.18. The molecule has 39 heavy (non-hydrogen) atoms. The highest BCUT2D eigenvalue weighted by Gasteiger charge is 2.32. The molecule has 1 atom stereocenters. The zero-order valence-corrected chi connectivity index (χ0v) is 22.4. The maximum absolute atomic E-state index is 14.3. The van der Waals surface area contributed by atoms with Gasteiger partial charge in [-0.1, -0.05) is 19.9 Å². The Labute approximate surface area is 223 Å². The summed E-state index contributed by atoms with van der Waals surface area (Å²) in [6, 6.07) is 10.4. The van der Waals surface area contributed by atoms with Crippen LogP contribution in [0.5, 0.6) is 11.6 Å². The summed E-state index contributed by atoms with van der Waals surface area (Å²) in [4.78, 5) is 21.0. The van der Waals surface area contributed by atoms with E-state index in [-0.39, 0.29) is 22.9 Å². The molecule has 1 amide bonds. The second-order valence-corrected chi connectivity index (χ2v) is 10.9. The van der Waals surface area contributed by atoms with Gasteiger partial charge in [0.15, 0.2) is 5.03 Å². The largest absolute Gasteiger partial charge is 0.493 e. The van der Waals surface area contributed by atoms with Crippen molar-refractivity contribution in [2.75, 3.05) is 6.61 Å². The van der Waals surface area contributed by atoms with Gasteiger partial charge in [0, 0.05) is 17.3 Å². The third-order valence-electron chi connectivity index (χ3n) is 5.05. The highest BCUT2D eigenvalue weighted by molar-refractivity contribution is 7.90. The lowest BCUT2D eigenvalue weighted by Crippen LogP contribution is -2.32. The molecule has 1 unspecified atom stereocenters. The molecule has 1 aromatic carbocycles. The summed E-state index contributed by atoms with van der Waals surface area (Å²) in [5.74, 6) is -2.06. The first-order chi connectivity index (χ1) is 18.1. The molecule has 0 radical (unpaired) electrons. The quantitative estimate of drug-likeness (QED) is 0.323. The molecule has 0 saturated heterocycles. The molecule has 2 heterocycles. The summed E-state index contributed by atoms with van der Waals surface area (Å²) in [5, 5.41) is -0.429. The van der Waals surface area contributed by atoms with Crippen molar-refractivity contribution in [3.63, 3.8) is 0 Å². The van der Waals surface area contributed by atoms with Crippen LogP contribution in [0.1, 0.15) is 43.2 Å². The molecule has 3 rings (SSSR count). The number of sulfonamides is 1. The minimum Gasteiger partial charge on any atom is -0.493 e. The van der Waals surface area contributed by atoms with Gasteiger partial charge in [0.1, 0.15) is 23.2 Å². The van der Waals surface area contributed by atoms with Crippen LogP contribution in [0, 0.1) is 18.7 Å². The van der Waals surface area contributed by atoms with E-state index < -0.39 is 56.9 Å². The number of halogens is 4. The van der Waals surface area contributed by atoms with Gasteiger partial charge in [-0.3, -0.25) is 4.79 Å². The smallest absolute Gasteiger partial charge is 0.392 e. The third-order valence-corrected chi connectivity index (χ3v) is 6.28. The van der Waals surface area contributed by atoms with Crippen molar-refractivity contribution in [2.24, 2.45) is 5.92 Å². The number of rotatable bonds is 10. The fraction of sp³-hybridized carbons (Fsp3) is 0.346. The maximum Gasteiger partial charge on any atom is 0.392 e. The number of ether oxygens (including phenoxy) is 2. The van der Waals surface area contributed by atoms with Crippen LogP contribution in [0.15, 0.2) is 53.6 Å². The first-order valence-corrected chi connectivity index (χ1v) is 13.3. The summed E-state index contributed by atoms with van der Waals surface area (Å²) >= 11 is 0. The zero-order valence-electron chi connectivity index (χ0n) is 21.5. The summed E-state index contributed by atoms with van der Waals surface area (Å²) in [7, 11) is -4.43. The average Bonchev–Trinajstić information content (AvgIpc) is 2.81. The predicted octanol–water partition coefficient (Wildman–Crippen LogP) is 5.46. The number of alkyl halides is 3. The SMILES string of the molecule is Cc1cccc(S(=O)(=O)NC(=O)c2ccc(-c3cc(F)cc(OCC(C)C)c3)nc2OC(C)CC(F)(F)F)n1. The number of carbonyl (C=O) groups excluding carboxylic acids is 1. The fourth-order valence-corrected chi connectivity index (χ4v) is 4.36. The molecule has 0 aliphatic heterocycles. The van der Waals surface area contributed by atoms with Gasteiger partial charge < -0.3 is 9.47 Å². The lowest BCUT2D eigenvalue weighted by atomic mass is 10.1. The van der Waals surface area contributed by atoms with E-state index >= 15 is 0 Å². The normalized spacial score (nSPS) is 12.7. The number of nitrogens with zero attached hydrogens (tertiary/aromatic N) is 2. The van der Waals surface area contributed by atoms with E-state index in [0.717, 1.165) is 19.1 Å². The minimum absolute atomic E-state index is 0.0536. The molecule has 0 bridgehead atoms. The number of benzene rings is 1. The van der Waals surface area contributed by atoms with Gasteiger partial charge in [-0.25, -0.2) is 19.1 Å². The van der Waals surface area contributed by atoms with Crippen molar-refractivity contribution in [3.8, 4) is 22.9 Å². The van der Waals surface area contributed by atoms with E-state index in [9.17, 15) is 30.8 Å². The number of amides is 1. The Kier molecular flexibility index (Phi) is 9.15. The Bertz CT molecular complexity index is 1450. The Morgan fingerprint density at radius 1 is 1.05 bits per heavy atom. The van der Waals surface area contributed by atoms with Gasteiger partial charge in [-0.2, -0.15) is 21.6 Å². The Morgan fingerprint density at radius 3 is 2.41 bits per heavy atom. The predicted molar refractivity (Wildman–Crippen MR) is 134 cm³/mol. The summed E-state index contributed by atoms with van der Waals surface area (Å²) in [5.41, 5.74) is 0.188. The van der Waals surface area contributed by atoms with Crippen molar-refractivity contribution in [1.29, 1.82) is 0 Å². The van der Waals surface area contributed by atoms with Gasteiger partial charge in [0.05, 0.1) is 18.7 Å². The van der Waals surface area contributed by atoms with Crippen LogP contribution in [0.4, 0.5) is 17.6 Å². The Hall–Kier alpha value is -3.74. The van der Waals surface area contributed by atoms with Gasteiger partial charge in [-0.05, 0) is 56.2 Å². The molecular formula is C26H27F4N3O5S. The van der Waals surface area contributed by atoms with Crippen molar-refractivity contribution in [3.05, 3.63) is 65.6 Å². The third kappa shape index (κ3) is 8.63. The van der Waals surface area contributed by atoms with Gasteiger partial charge in [-0.15, -0.1) is 0 Å². The molecule has 0 saturated carbocycles. The van der Waals surface area contributed by atoms with E-state index in [1.165, 1.54) is 30.3 Å². The van der Waals surface area contributed by atoms with E-state index in [1.807, 2.05) is 18.6 Å². The maximum atomic E-state index is 14.3. The molecule has 0 aliphatic carbocycles. The number of hydrogen-bond donors (Lipinski definition) is 1. The van der Waals surface area contributed by atoms with Crippen molar-refractivity contribution in [2.45, 2.75) is 51.4 Å². The minimum atomic E-state index is -4.58. The van der Waals surface area contributed by atoms with Crippen LogP contribution in [-0.2, 0) is 10.0 Å². The van der Waals surface area contributed by atoms with Crippen LogP contribution in [0.25, 0.3) is 11.3 Å². The van der Waals surface area contributed by atoms with Gasteiger partial charge in [0.25, 0.3) is 15.9 Å². The van der Waals surface area contributed by atoms with E-state index in [1.54, 1.807) is 13.0 Å². The molecule has 13 heteroatoms. The monoisotopic (exact) mass is 569 g/mol. The average molecular weight is 570 g/mol. The second kappa shape index (κ2) is 12.0. The topological polar surface area (TPSA) is 107 Å². The van der Waals surface area contributed by atoms with Crippen molar-refractivity contribution in [1.82, 2.24) is 14.7 Å². The Morgan fingerprint density at radius 2 is 1.77 bits per heavy atom. The van der Waals surface area contributed by atoms with Crippen LogP contribution < -0.4 is 14.2 Å². The van der Waals surface area contributed by atoms with Crippen molar-refractivity contribution < 1.29 is 40.2 Å². The number of aromatic nitrogens is 2. The summed E-state index contributed by atoms with van der Waals surface area (Å²) < 4.78 is 91.3. The molecule has 8 nitrogen and oxygen atoms in total. The molecule has 1 N–H and O–H groups in total. The van der Waals surface area contributed by atoms with Gasteiger partial charge in [0.2, 0.25) is 5.88 Å². The standard InChI is InChI=1S/C26H27F4N3O5S/c1-15(2)14-37-20-11-18(10-19(27)12-20)22-9-8-21(25(32-22)38-17(4)13-26(28,29)30)24(34)33-39(35,36)23-7-5-6-16(3)31-23/h5-12,15,17H,13-14H2,1-4H3,(H,33,34). The number of nitrogens with one attached hydrogen (secondary N) is 1. The number of aryl methyl sites for hydroxylation is 1. The molecular weight excluding hydrogens is 542 g/mol. The molecule has 3 aromatic rings. The lowest BCUT2D eigenvalue weighted by molar-refractivity contribution is -0.149. The van der Waals surface area contributed by atoms with E-state index in [2.05, 4.69) is 9.97 Å². The van der Waals surface area contributed by atoms with E-state index in [0.29, 0.717) is 12.3 Å². The molecule has 210 valence electrons.